The van der Waals surface area contributed by atoms with Crippen molar-refractivity contribution in [2.45, 2.75) is 52.4 Å². The summed E-state index contributed by atoms with van der Waals surface area (Å²) in [6.45, 7) is 5.91. The Kier molecular flexibility index (Phi) is 7.66. The fraction of sp³-hybridized carbons (Fsp3) is 0.933. The first-order chi connectivity index (χ1) is 9.88. The highest BCUT2D eigenvalue weighted by atomic mass is 32.2. The molecule has 6 heteroatoms. The molecule has 2 atom stereocenters. The molecule has 21 heavy (non-hydrogen) atoms. The minimum atomic E-state index is -3.19. The van der Waals surface area contributed by atoms with Gasteiger partial charge in [0, 0.05) is 19.6 Å². The lowest BCUT2D eigenvalue weighted by Gasteiger charge is -2.30. The first kappa shape index (κ1) is 18.4. The SMILES string of the molecule is CCCCC(CC)CNC(=O)C1CCCN(S(C)(=O)=O)C1. The molecule has 1 N–H and O–H groups in total. The molecule has 124 valence electrons. The van der Waals surface area contributed by atoms with E-state index < -0.39 is 10.0 Å². The molecule has 0 bridgehead atoms. The number of hydrogen-bond acceptors (Lipinski definition) is 3. The van der Waals surface area contributed by atoms with Crippen LogP contribution in [0.4, 0.5) is 0 Å². The van der Waals surface area contributed by atoms with Crippen LogP contribution in [0.3, 0.4) is 0 Å². The third-order valence-corrected chi connectivity index (χ3v) is 5.60. The van der Waals surface area contributed by atoms with Crippen LogP contribution in [0.1, 0.15) is 52.4 Å². The molecule has 0 aromatic rings. The minimum Gasteiger partial charge on any atom is -0.356 e. The highest BCUT2D eigenvalue weighted by molar-refractivity contribution is 7.88. The summed E-state index contributed by atoms with van der Waals surface area (Å²) >= 11 is 0. The zero-order chi connectivity index (χ0) is 15.9. The Balaban J connectivity index is 2.44. The topological polar surface area (TPSA) is 66.5 Å². The molecule has 1 aliphatic rings. The van der Waals surface area contributed by atoms with Gasteiger partial charge in [-0.1, -0.05) is 33.1 Å². The van der Waals surface area contributed by atoms with Gasteiger partial charge in [-0.3, -0.25) is 4.79 Å². The monoisotopic (exact) mass is 318 g/mol. The molecule has 0 spiro atoms. The van der Waals surface area contributed by atoms with E-state index in [1.165, 1.54) is 23.4 Å². The number of sulfonamides is 1. The lowest BCUT2D eigenvalue weighted by atomic mass is 9.96. The van der Waals surface area contributed by atoms with Crippen LogP contribution in [0.15, 0.2) is 0 Å². The Hall–Kier alpha value is -0.620. The van der Waals surface area contributed by atoms with E-state index in [1.54, 1.807) is 0 Å². The van der Waals surface area contributed by atoms with Crippen molar-refractivity contribution in [3.8, 4) is 0 Å². The molecule has 5 nitrogen and oxygen atoms in total. The molecule has 1 rings (SSSR count). The fourth-order valence-corrected chi connectivity index (χ4v) is 3.70. The maximum absolute atomic E-state index is 12.2. The second-order valence-corrected chi connectivity index (χ2v) is 8.10. The van der Waals surface area contributed by atoms with Crippen LogP contribution in [-0.4, -0.2) is 44.5 Å². The fourth-order valence-electron chi connectivity index (χ4n) is 2.79. The van der Waals surface area contributed by atoms with Gasteiger partial charge in [-0.15, -0.1) is 0 Å². The minimum absolute atomic E-state index is 0.0123. The summed E-state index contributed by atoms with van der Waals surface area (Å²) in [5, 5.41) is 3.02. The second-order valence-electron chi connectivity index (χ2n) is 6.12. The number of nitrogens with zero attached hydrogens (tertiary/aromatic N) is 1. The first-order valence-electron chi connectivity index (χ1n) is 8.11. The van der Waals surface area contributed by atoms with Crippen molar-refractivity contribution in [1.29, 1.82) is 0 Å². The quantitative estimate of drug-likeness (QED) is 0.744. The number of amides is 1. The van der Waals surface area contributed by atoms with Gasteiger partial charge in [0.15, 0.2) is 0 Å². The predicted octanol–water partition coefficient (Wildman–Crippen LogP) is 1.99. The molecule has 1 fully saturated rings. The summed E-state index contributed by atoms with van der Waals surface area (Å²) in [7, 11) is -3.19. The summed E-state index contributed by atoms with van der Waals surface area (Å²) in [5.74, 6) is 0.346. The van der Waals surface area contributed by atoms with Crippen molar-refractivity contribution < 1.29 is 13.2 Å². The maximum atomic E-state index is 12.2. The van der Waals surface area contributed by atoms with E-state index in [0.717, 1.165) is 25.7 Å². The summed E-state index contributed by atoms with van der Waals surface area (Å²) < 4.78 is 24.6. The normalized spacial score (nSPS) is 22.0. The highest BCUT2D eigenvalue weighted by Gasteiger charge is 2.30. The molecule has 0 aromatic heterocycles. The summed E-state index contributed by atoms with van der Waals surface area (Å²) in [6, 6.07) is 0. The zero-order valence-electron chi connectivity index (χ0n) is 13.6. The van der Waals surface area contributed by atoms with E-state index in [4.69, 9.17) is 0 Å². The Morgan fingerprint density at radius 1 is 1.38 bits per heavy atom. The van der Waals surface area contributed by atoms with E-state index in [2.05, 4.69) is 19.2 Å². The molecular formula is C15H30N2O3S. The number of nitrogens with one attached hydrogen (secondary N) is 1. The average molecular weight is 318 g/mol. The predicted molar refractivity (Wildman–Crippen MR) is 85.5 cm³/mol. The van der Waals surface area contributed by atoms with Gasteiger partial charge in [-0.05, 0) is 25.2 Å². The van der Waals surface area contributed by atoms with Gasteiger partial charge in [0.05, 0.1) is 12.2 Å². The van der Waals surface area contributed by atoms with Gasteiger partial charge in [-0.2, -0.15) is 0 Å². The number of unbranched alkanes of at least 4 members (excludes halogenated alkanes) is 1. The van der Waals surface area contributed by atoms with Crippen LogP contribution >= 0.6 is 0 Å². The van der Waals surface area contributed by atoms with Crippen LogP contribution in [0, 0.1) is 11.8 Å². The van der Waals surface area contributed by atoms with E-state index >= 15 is 0 Å². The lowest BCUT2D eigenvalue weighted by Crippen LogP contribution is -2.45. The number of hydrogen-bond donors (Lipinski definition) is 1. The molecule has 1 amide bonds. The van der Waals surface area contributed by atoms with Gasteiger partial charge in [-0.25, -0.2) is 12.7 Å². The van der Waals surface area contributed by atoms with Gasteiger partial charge in [0.25, 0.3) is 0 Å². The van der Waals surface area contributed by atoms with Gasteiger partial charge in [0.2, 0.25) is 15.9 Å². The zero-order valence-corrected chi connectivity index (χ0v) is 14.4. The number of carbonyl (C=O) groups is 1. The standard InChI is InChI=1S/C15H30N2O3S/c1-4-6-8-13(5-2)11-16-15(18)14-9-7-10-17(12-14)21(3,19)20/h13-14H,4-12H2,1-3H3,(H,16,18). The average Bonchev–Trinajstić information content (AvgIpc) is 2.46. The molecule has 0 aromatic carbocycles. The molecule has 0 aliphatic carbocycles. The molecular weight excluding hydrogens is 288 g/mol. The summed E-state index contributed by atoms with van der Waals surface area (Å²) in [6.07, 6.45) is 7.34. The maximum Gasteiger partial charge on any atom is 0.224 e. The molecule has 2 unspecified atom stereocenters. The summed E-state index contributed by atoms with van der Waals surface area (Å²) in [4.78, 5) is 12.2. The van der Waals surface area contributed by atoms with Gasteiger partial charge >= 0.3 is 0 Å². The lowest BCUT2D eigenvalue weighted by molar-refractivity contribution is -0.126. The highest BCUT2D eigenvalue weighted by Crippen LogP contribution is 2.19. The third-order valence-electron chi connectivity index (χ3n) is 4.33. The Morgan fingerprint density at radius 2 is 2.10 bits per heavy atom. The van der Waals surface area contributed by atoms with E-state index in [1.807, 2.05) is 0 Å². The van der Waals surface area contributed by atoms with Gasteiger partial charge < -0.3 is 5.32 Å². The molecule has 1 aliphatic heterocycles. The van der Waals surface area contributed by atoms with Crippen molar-refractivity contribution >= 4 is 15.9 Å². The molecule has 1 heterocycles. The Morgan fingerprint density at radius 3 is 2.67 bits per heavy atom. The van der Waals surface area contributed by atoms with Crippen molar-refractivity contribution in [2.24, 2.45) is 11.8 Å². The number of piperidine rings is 1. The van der Waals surface area contributed by atoms with Crippen molar-refractivity contribution in [3.63, 3.8) is 0 Å². The van der Waals surface area contributed by atoms with Gasteiger partial charge in [0.1, 0.15) is 0 Å². The smallest absolute Gasteiger partial charge is 0.224 e. The van der Waals surface area contributed by atoms with Crippen molar-refractivity contribution in [2.75, 3.05) is 25.9 Å². The van der Waals surface area contributed by atoms with Crippen LogP contribution in [0.25, 0.3) is 0 Å². The Bertz CT molecular complexity index is 423. The van der Waals surface area contributed by atoms with E-state index in [-0.39, 0.29) is 11.8 Å². The molecule has 1 saturated heterocycles. The Labute approximate surface area is 129 Å². The van der Waals surface area contributed by atoms with Crippen LogP contribution in [-0.2, 0) is 14.8 Å². The van der Waals surface area contributed by atoms with Crippen LogP contribution in [0.2, 0.25) is 0 Å². The first-order valence-corrected chi connectivity index (χ1v) is 9.96. The van der Waals surface area contributed by atoms with Crippen molar-refractivity contribution in [1.82, 2.24) is 9.62 Å². The van der Waals surface area contributed by atoms with Crippen molar-refractivity contribution in [3.05, 3.63) is 0 Å². The van der Waals surface area contributed by atoms with Crippen LogP contribution in [0.5, 0.6) is 0 Å². The number of carbonyl (C=O) groups excluding carboxylic acids is 1. The third kappa shape index (κ3) is 6.34. The summed E-state index contributed by atoms with van der Waals surface area (Å²) in [5.41, 5.74) is 0. The largest absolute Gasteiger partial charge is 0.356 e. The molecule has 0 radical (unpaired) electrons. The molecule has 0 saturated carbocycles. The van der Waals surface area contributed by atoms with E-state index in [9.17, 15) is 13.2 Å². The van der Waals surface area contributed by atoms with E-state index in [0.29, 0.717) is 25.6 Å². The number of rotatable bonds is 8. The van der Waals surface area contributed by atoms with Crippen LogP contribution < -0.4 is 5.32 Å². The second kappa shape index (κ2) is 8.73.